The first-order valence-electron chi connectivity index (χ1n) is 18.5. The lowest BCUT2D eigenvalue weighted by Gasteiger charge is -2.16. The number of nitrogens with one attached hydrogen (secondary N) is 3. The smallest absolute Gasteiger partial charge is 0.295 e. The van der Waals surface area contributed by atoms with Crippen molar-refractivity contribution < 1.29 is 69.6 Å². The summed E-state index contributed by atoms with van der Waals surface area (Å²) in [7, 11) is -23.2. The highest BCUT2D eigenvalue weighted by Crippen LogP contribution is 2.34. The second-order valence-electron chi connectivity index (χ2n) is 13.7. The zero-order valence-corrected chi connectivity index (χ0v) is 37.9. The Labute approximate surface area is 381 Å². The van der Waals surface area contributed by atoms with E-state index in [0.29, 0.717) is 11.8 Å². The summed E-state index contributed by atoms with van der Waals surface area (Å²) in [6, 6.07) is 20.6. The monoisotopic (exact) mass is 1020 g/mol. The molecule has 0 aliphatic carbocycles. The van der Waals surface area contributed by atoms with Crippen LogP contribution in [0.15, 0.2) is 132 Å². The predicted octanol–water partition coefficient (Wildman–Crippen LogP) is 6.39. The van der Waals surface area contributed by atoms with Crippen molar-refractivity contribution in [2.75, 3.05) is 28.3 Å². The lowest BCUT2D eigenvalue weighted by Crippen LogP contribution is -2.27. The van der Waals surface area contributed by atoms with Crippen LogP contribution in [0, 0.1) is 0 Å². The Hall–Kier alpha value is -6.68. The van der Waals surface area contributed by atoms with E-state index in [9.17, 15) is 64.9 Å². The van der Waals surface area contributed by atoms with Gasteiger partial charge in [0.15, 0.2) is 5.37 Å². The lowest BCUT2D eigenvalue weighted by molar-refractivity contribution is 0.317. The van der Waals surface area contributed by atoms with Gasteiger partial charge in [-0.3, -0.25) is 22.8 Å². The van der Waals surface area contributed by atoms with E-state index in [2.05, 4.69) is 51.4 Å². The third-order valence-electron chi connectivity index (χ3n) is 8.70. The van der Waals surface area contributed by atoms with Crippen LogP contribution in [0.4, 0.5) is 52.0 Å². The molecular formula is C36H34N10O16S5. The van der Waals surface area contributed by atoms with E-state index in [4.69, 9.17) is 4.74 Å². The third kappa shape index (κ3) is 14.2. The molecule has 0 aliphatic heterocycles. The number of anilines is 5. The van der Waals surface area contributed by atoms with Crippen molar-refractivity contribution in [2.45, 2.75) is 33.4 Å². The second-order valence-corrected chi connectivity index (χ2v) is 21.3. The molecule has 0 radical (unpaired) electrons. The molecule has 354 valence electrons. The summed E-state index contributed by atoms with van der Waals surface area (Å²) in [5.41, 5.74) is 1.24. The minimum Gasteiger partial charge on any atom is -0.491 e. The van der Waals surface area contributed by atoms with Gasteiger partial charge in [0.25, 0.3) is 50.6 Å². The second kappa shape index (κ2) is 19.7. The molecule has 8 N–H and O–H groups in total. The summed E-state index contributed by atoms with van der Waals surface area (Å²) in [5.74, 6) is -1.36. The average molecular weight is 1020 g/mol. The number of rotatable bonds is 19. The molecule has 0 fully saturated rings. The standard InChI is InChI=1S/C36H34N10O16S5/c1-21(64(50,51)52)37-34-40-35(38-23-5-7-24(8-6-23)43-45-26-4-3-22-17-29(66(56,57)58)20-33(30(22)18-26)67(59,60)61)42-36(41-34)39-31-14-11-27(19-32(31)62-15-2-16-63(47,48)49)46-44-25-9-12-28(13-10-25)65(53,54)55/h3-14,17-21H,2,15-16H2,1H3,(H,47,48,49)(H,50,51,52)(H,53,54,55)(H,56,57,58)(H,59,60,61)(H3,37,38,39,40,41,42). The van der Waals surface area contributed by atoms with Crippen molar-refractivity contribution in [3.8, 4) is 5.75 Å². The third-order valence-corrected chi connectivity index (χ3v) is 13.1. The maximum atomic E-state index is 12.1. The van der Waals surface area contributed by atoms with Crippen LogP contribution in [0.25, 0.3) is 10.8 Å². The van der Waals surface area contributed by atoms with E-state index in [0.717, 1.165) is 25.1 Å². The van der Waals surface area contributed by atoms with Crippen LogP contribution >= 0.6 is 0 Å². The molecule has 0 saturated heterocycles. The number of aromatic nitrogens is 3. The molecule has 67 heavy (non-hydrogen) atoms. The maximum absolute atomic E-state index is 12.1. The number of azo groups is 2. The highest BCUT2D eigenvalue weighted by molar-refractivity contribution is 7.87. The Balaban J connectivity index is 1.26. The highest BCUT2D eigenvalue weighted by Gasteiger charge is 2.22. The fourth-order valence-corrected chi connectivity index (χ4v) is 8.08. The molecule has 31 heteroatoms. The normalized spacial score (nSPS) is 13.2. The zero-order chi connectivity index (χ0) is 49.0. The molecule has 26 nitrogen and oxygen atoms in total. The van der Waals surface area contributed by atoms with E-state index in [1.807, 2.05) is 0 Å². The molecule has 5 aromatic carbocycles. The molecular weight excluding hydrogens is 989 g/mol. The Morgan fingerprint density at radius 1 is 0.567 bits per heavy atom. The Bertz CT molecular complexity index is 3490. The molecule has 6 rings (SSSR count). The SMILES string of the molecule is CC(Nc1nc(Nc2ccc(N=Nc3ccc4cc(S(=O)(=O)O)cc(S(=O)(=O)O)c4c3)cc2)nc(Nc2ccc(N=Nc3ccc(S(=O)(=O)O)cc3)cc2OCCCS(=O)(=O)O)n1)S(=O)(=O)O. The van der Waals surface area contributed by atoms with Gasteiger partial charge < -0.3 is 20.7 Å². The first kappa shape index (κ1) is 49.7. The predicted molar refractivity (Wildman–Crippen MR) is 239 cm³/mol. The van der Waals surface area contributed by atoms with Gasteiger partial charge in [-0.05, 0) is 104 Å². The first-order chi connectivity index (χ1) is 31.2. The van der Waals surface area contributed by atoms with Crippen LogP contribution in [0.5, 0.6) is 5.75 Å². The van der Waals surface area contributed by atoms with Gasteiger partial charge in [-0.25, -0.2) is 0 Å². The number of fused-ring (bicyclic) bond motifs is 1. The summed E-state index contributed by atoms with van der Waals surface area (Å²) < 4.78 is 170. The van der Waals surface area contributed by atoms with Gasteiger partial charge >= 0.3 is 0 Å². The molecule has 1 unspecified atom stereocenters. The molecule has 0 amide bonds. The quantitative estimate of drug-likeness (QED) is 0.0247. The first-order valence-corrected chi connectivity index (χ1v) is 25.9. The van der Waals surface area contributed by atoms with Crippen LogP contribution in [0.1, 0.15) is 13.3 Å². The van der Waals surface area contributed by atoms with Crippen LogP contribution in [-0.2, 0) is 50.6 Å². The van der Waals surface area contributed by atoms with E-state index in [-0.39, 0.29) is 80.7 Å². The van der Waals surface area contributed by atoms with E-state index in [1.165, 1.54) is 72.8 Å². The Morgan fingerprint density at radius 3 is 1.66 bits per heavy atom. The van der Waals surface area contributed by atoms with E-state index >= 15 is 0 Å². The van der Waals surface area contributed by atoms with Crippen molar-refractivity contribution in [3.05, 3.63) is 97.1 Å². The Kier molecular flexibility index (Phi) is 14.6. The van der Waals surface area contributed by atoms with Crippen molar-refractivity contribution in [2.24, 2.45) is 20.5 Å². The maximum Gasteiger partial charge on any atom is 0.295 e. The van der Waals surface area contributed by atoms with Gasteiger partial charge in [-0.1, -0.05) is 6.07 Å². The largest absolute Gasteiger partial charge is 0.491 e. The van der Waals surface area contributed by atoms with Gasteiger partial charge in [0.05, 0.1) is 50.6 Å². The van der Waals surface area contributed by atoms with Gasteiger partial charge in [-0.15, -0.1) is 0 Å². The van der Waals surface area contributed by atoms with Crippen LogP contribution in [0.2, 0.25) is 0 Å². The molecule has 0 bridgehead atoms. The van der Waals surface area contributed by atoms with Crippen molar-refractivity contribution in [1.29, 1.82) is 0 Å². The number of hydrogen-bond acceptors (Lipinski definition) is 21. The average Bonchev–Trinajstić information content (AvgIpc) is 3.23. The number of benzene rings is 5. The van der Waals surface area contributed by atoms with Gasteiger partial charge in [-0.2, -0.15) is 77.5 Å². The van der Waals surface area contributed by atoms with Gasteiger partial charge in [0.2, 0.25) is 17.8 Å². The molecule has 1 heterocycles. The minimum absolute atomic E-state index is 0.0304. The lowest BCUT2D eigenvalue weighted by atomic mass is 10.1. The fraction of sp³-hybridized carbons (Fsp3) is 0.139. The Morgan fingerprint density at radius 2 is 1.09 bits per heavy atom. The number of nitrogens with zero attached hydrogens (tertiary/aromatic N) is 7. The van der Waals surface area contributed by atoms with Crippen molar-refractivity contribution in [1.82, 2.24) is 15.0 Å². The van der Waals surface area contributed by atoms with Gasteiger partial charge in [0.1, 0.15) is 10.6 Å². The highest BCUT2D eigenvalue weighted by atomic mass is 32.2. The molecule has 0 spiro atoms. The zero-order valence-electron chi connectivity index (χ0n) is 33.8. The van der Waals surface area contributed by atoms with Crippen LogP contribution < -0.4 is 20.7 Å². The molecule has 0 aliphatic rings. The number of ether oxygens (including phenoxy) is 1. The summed E-state index contributed by atoms with van der Waals surface area (Å²) in [6.45, 7) is 0.883. The van der Waals surface area contributed by atoms with Gasteiger partial charge in [0, 0.05) is 17.1 Å². The van der Waals surface area contributed by atoms with Crippen molar-refractivity contribution >= 4 is 113 Å². The summed E-state index contributed by atoms with van der Waals surface area (Å²) >= 11 is 0. The molecule has 0 saturated carbocycles. The molecule has 6 aromatic rings. The van der Waals surface area contributed by atoms with E-state index in [1.54, 1.807) is 0 Å². The van der Waals surface area contributed by atoms with Crippen LogP contribution in [-0.4, -0.2) is 97.5 Å². The topological polar surface area (TPSA) is 405 Å². The summed E-state index contributed by atoms with van der Waals surface area (Å²) in [5, 5.41) is 22.9. The van der Waals surface area contributed by atoms with Crippen LogP contribution in [0.3, 0.4) is 0 Å². The minimum atomic E-state index is -4.96. The summed E-state index contributed by atoms with van der Waals surface area (Å²) in [6.07, 6.45) is -0.143. The molecule has 1 aromatic heterocycles. The van der Waals surface area contributed by atoms with Crippen molar-refractivity contribution in [3.63, 3.8) is 0 Å². The molecule has 1 atom stereocenters. The van der Waals surface area contributed by atoms with E-state index < -0.39 is 71.5 Å². The fourth-order valence-electron chi connectivity index (χ4n) is 5.51. The number of hydrogen-bond donors (Lipinski definition) is 8. The summed E-state index contributed by atoms with van der Waals surface area (Å²) in [4.78, 5) is 10.8.